The molecule has 0 aromatic heterocycles. The molecule has 1 nitrogen and oxygen atoms in total. The minimum Gasteiger partial charge on any atom is -0.371 e. The number of hydrogen-bond acceptors (Lipinski definition) is 1. The third-order valence-corrected chi connectivity index (χ3v) is 5.41. The fraction of sp³-hybridized carbons (Fsp3) is 0.333. The molecule has 3 aromatic carbocycles. The molecule has 28 heavy (non-hydrogen) atoms. The summed E-state index contributed by atoms with van der Waals surface area (Å²) in [5.41, 5.74) is 8.07. The molecule has 0 saturated heterocycles. The molecular formula is C27H33N. The molecule has 0 bridgehead atoms. The number of rotatable bonds is 9. The molecule has 0 fully saturated rings. The van der Waals surface area contributed by atoms with E-state index in [1.807, 2.05) is 0 Å². The van der Waals surface area contributed by atoms with Crippen molar-refractivity contribution in [1.29, 1.82) is 0 Å². The minimum atomic E-state index is 1.12. The lowest BCUT2D eigenvalue weighted by Gasteiger charge is -2.30. The zero-order chi connectivity index (χ0) is 19.8. The van der Waals surface area contributed by atoms with E-state index >= 15 is 0 Å². The van der Waals surface area contributed by atoms with E-state index in [4.69, 9.17) is 0 Å². The van der Waals surface area contributed by atoms with Gasteiger partial charge >= 0.3 is 0 Å². The van der Waals surface area contributed by atoms with E-state index in [1.54, 1.807) is 0 Å². The molecule has 0 spiro atoms. The third-order valence-electron chi connectivity index (χ3n) is 5.41. The second kappa shape index (κ2) is 10.1. The van der Waals surface area contributed by atoms with Crippen LogP contribution >= 0.6 is 0 Å². The first-order chi connectivity index (χ1) is 13.8. The lowest BCUT2D eigenvalue weighted by Crippen LogP contribution is -2.27. The maximum absolute atomic E-state index is 2.64. The zero-order valence-electron chi connectivity index (χ0n) is 17.6. The van der Waals surface area contributed by atoms with Crippen LogP contribution in [0.2, 0.25) is 0 Å². The molecule has 0 saturated carbocycles. The Hall–Kier alpha value is -2.54. The van der Waals surface area contributed by atoms with Gasteiger partial charge in [-0.15, -0.1) is 0 Å². The van der Waals surface area contributed by atoms with Crippen molar-refractivity contribution >= 4 is 5.69 Å². The number of anilines is 1. The predicted octanol–water partition coefficient (Wildman–Crippen LogP) is 7.74. The third kappa shape index (κ3) is 4.65. The highest BCUT2D eigenvalue weighted by Crippen LogP contribution is 2.42. The minimum absolute atomic E-state index is 1.12. The van der Waals surface area contributed by atoms with Gasteiger partial charge in [-0.05, 0) is 42.0 Å². The maximum Gasteiger partial charge on any atom is 0.0481 e. The van der Waals surface area contributed by atoms with Crippen molar-refractivity contribution in [3.8, 4) is 22.3 Å². The highest BCUT2D eigenvalue weighted by atomic mass is 15.1. The molecule has 0 heterocycles. The molecule has 0 radical (unpaired) electrons. The van der Waals surface area contributed by atoms with Gasteiger partial charge in [-0.1, -0.05) is 99.5 Å². The fourth-order valence-corrected chi connectivity index (χ4v) is 3.89. The summed E-state index contributed by atoms with van der Waals surface area (Å²) in [5.74, 6) is 0. The van der Waals surface area contributed by atoms with Crippen LogP contribution in [0.3, 0.4) is 0 Å². The SMILES string of the molecule is CCCCN(CCCC)c1c(C)ccc(-c2ccccc2)c1-c1ccccc1. The van der Waals surface area contributed by atoms with E-state index < -0.39 is 0 Å². The number of nitrogens with zero attached hydrogens (tertiary/aromatic N) is 1. The first-order valence-corrected chi connectivity index (χ1v) is 10.8. The van der Waals surface area contributed by atoms with Gasteiger partial charge in [-0.3, -0.25) is 0 Å². The van der Waals surface area contributed by atoms with Crippen molar-refractivity contribution in [1.82, 2.24) is 0 Å². The quantitative estimate of drug-likeness (QED) is 0.372. The zero-order valence-corrected chi connectivity index (χ0v) is 17.6. The van der Waals surface area contributed by atoms with Gasteiger partial charge in [0, 0.05) is 24.3 Å². The monoisotopic (exact) mass is 371 g/mol. The van der Waals surface area contributed by atoms with E-state index in [2.05, 4.69) is 98.5 Å². The van der Waals surface area contributed by atoms with Gasteiger partial charge in [0.2, 0.25) is 0 Å². The Balaban J connectivity index is 2.22. The average molecular weight is 372 g/mol. The summed E-state index contributed by atoms with van der Waals surface area (Å²) in [4.78, 5) is 2.64. The normalized spacial score (nSPS) is 10.8. The van der Waals surface area contributed by atoms with E-state index in [9.17, 15) is 0 Å². The van der Waals surface area contributed by atoms with Crippen molar-refractivity contribution in [3.05, 3.63) is 78.4 Å². The Kier molecular flexibility index (Phi) is 7.31. The Morgan fingerprint density at radius 2 is 1.18 bits per heavy atom. The van der Waals surface area contributed by atoms with Crippen molar-refractivity contribution in [2.24, 2.45) is 0 Å². The number of unbranched alkanes of at least 4 members (excludes halogenated alkanes) is 2. The molecule has 0 amide bonds. The standard InChI is InChI=1S/C27H33N/c1-4-6-20-28(21-7-5-2)27-22(3)18-19-25(23-14-10-8-11-15-23)26(27)24-16-12-9-13-17-24/h8-19H,4-7,20-21H2,1-3H3. The lowest BCUT2D eigenvalue weighted by molar-refractivity contribution is 0.677. The second-order valence-corrected chi connectivity index (χ2v) is 7.58. The molecule has 0 aliphatic rings. The fourth-order valence-electron chi connectivity index (χ4n) is 3.89. The average Bonchev–Trinajstić information content (AvgIpc) is 2.75. The van der Waals surface area contributed by atoms with Gasteiger partial charge in [0.05, 0.1) is 0 Å². The van der Waals surface area contributed by atoms with Crippen LogP contribution in [-0.2, 0) is 0 Å². The van der Waals surface area contributed by atoms with Crippen LogP contribution in [0.1, 0.15) is 45.1 Å². The van der Waals surface area contributed by atoms with E-state index in [0.29, 0.717) is 0 Å². The summed E-state index contributed by atoms with van der Waals surface area (Å²) in [7, 11) is 0. The molecule has 0 aliphatic heterocycles. The van der Waals surface area contributed by atoms with Crippen LogP contribution in [-0.4, -0.2) is 13.1 Å². The van der Waals surface area contributed by atoms with E-state index in [1.165, 1.54) is 59.2 Å². The molecule has 146 valence electrons. The maximum atomic E-state index is 2.64. The molecule has 0 aliphatic carbocycles. The molecule has 0 N–H and O–H groups in total. The molecular weight excluding hydrogens is 338 g/mol. The first-order valence-electron chi connectivity index (χ1n) is 10.8. The van der Waals surface area contributed by atoms with Crippen LogP contribution in [0.15, 0.2) is 72.8 Å². The highest BCUT2D eigenvalue weighted by Gasteiger charge is 2.19. The van der Waals surface area contributed by atoms with E-state index in [0.717, 1.165) is 13.1 Å². The summed E-state index contributed by atoms with van der Waals surface area (Å²) < 4.78 is 0. The summed E-state index contributed by atoms with van der Waals surface area (Å²) in [6.07, 6.45) is 4.90. The van der Waals surface area contributed by atoms with Crippen LogP contribution < -0.4 is 4.90 Å². The van der Waals surface area contributed by atoms with Gasteiger partial charge in [-0.2, -0.15) is 0 Å². The largest absolute Gasteiger partial charge is 0.371 e. The summed E-state index contributed by atoms with van der Waals surface area (Å²) in [6.45, 7) is 9.07. The van der Waals surface area contributed by atoms with Gasteiger partial charge in [0.1, 0.15) is 0 Å². The molecule has 3 rings (SSSR count). The van der Waals surface area contributed by atoms with Gasteiger partial charge in [0.15, 0.2) is 0 Å². The van der Waals surface area contributed by atoms with Gasteiger partial charge < -0.3 is 4.90 Å². The van der Waals surface area contributed by atoms with Crippen LogP contribution in [0.4, 0.5) is 5.69 Å². The van der Waals surface area contributed by atoms with Gasteiger partial charge in [0.25, 0.3) is 0 Å². The van der Waals surface area contributed by atoms with Crippen molar-refractivity contribution in [3.63, 3.8) is 0 Å². The molecule has 1 heteroatoms. The summed E-state index contributed by atoms with van der Waals surface area (Å²) in [5, 5.41) is 0. The Bertz CT molecular complexity index is 844. The predicted molar refractivity (Wildman–Crippen MR) is 124 cm³/mol. The second-order valence-electron chi connectivity index (χ2n) is 7.58. The van der Waals surface area contributed by atoms with Crippen LogP contribution in [0, 0.1) is 6.92 Å². The van der Waals surface area contributed by atoms with Crippen molar-refractivity contribution < 1.29 is 0 Å². The topological polar surface area (TPSA) is 3.24 Å². The first kappa shape index (κ1) is 20.2. The van der Waals surface area contributed by atoms with Crippen molar-refractivity contribution in [2.45, 2.75) is 46.5 Å². The van der Waals surface area contributed by atoms with E-state index in [-0.39, 0.29) is 0 Å². The summed E-state index contributed by atoms with van der Waals surface area (Å²) >= 11 is 0. The smallest absolute Gasteiger partial charge is 0.0481 e. The van der Waals surface area contributed by atoms with Crippen LogP contribution in [0.25, 0.3) is 22.3 Å². The highest BCUT2D eigenvalue weighted by molar-refractivity contribution is 5.93. The van der Waals surface area contributed by atoms with Gasteiger partial charge in [-0.25, -0.2) is 0 Å². The number of benzene rings is 3. The Morgan fingerprint density at radius 3 is 1.71 bits per heavy atom. The van der Waals surface area contributed by atoms with Crippen LogP contribution in [0.5, 0.6) is 0 Å². The van der Waals surface area contributed by atoms with Crippen molar-refractivity contribution in [2.75, 3.05) is 18.0 Å². The molecule has 3 aromatic rings. The summed E-state index contributed by atoms with van der Waals surface area (Å²) in [6, 6.07) is 26.3. The molecule has 0 unspecified atom stereocenters. The Morgan fingerprint density at radius 1 is 0.643 bits per heavy atom. The number of aryl methyl sites for hydroxylation is 1. The lowest BCUT2D eigenvalue weighted by atomic mass is 9.90. The molecule has 0 atom stereocenters. The number of hydrogen-bond donors (Lipinski definition) is 0. The Labute approximate surface area is 171 Å².